The number of carbonyl (C=O) groups excluding carboxylic acids is 2. The Kier molecular flexibility index (Phi) is 5.26. The summed E-state index contributed by atoms with van der Waals surface area (Å²) in [5, 5.41) is 19.2. The van der Waals surface area contributed by atoms with E-state index in [1.54, 1.807) is 31.7 Å². The van der Waals surface area contributed by atoms with Crippen molar-refractivity contribution in [2.75, 3.05) is 23.8 Å². The zero-order valence-corrected chi connectivity index (χ0v) is 16.0. The molecule has 10 heteroatoms. The lowest BCUT2D eigenvalue weighted by Crippen LogP contribution is -2.37. The maximum absolute atomic E-state index is 12.9. The quantitative estimate of drug-likeness (QED) is 0.764. The van der Waals surface area contributed by atoms with Gasteiger partial charge in [0.2, 0.25) is 17.8 Å². The number of amides is 2. The molecule has 0 bridgehead atoms. The van der Waals surface area contributed by atoms with E-state index in [-0.39, 0.29) is 24.3 Å². The summed E-state index contributed by atoms with van der Waals surface area (Å²) in [6, 6.07) is 3.85. The van der Waals surface area contributed by atoms with E-state index in [0.29, 0.717) is 30.4 Å². The zero-order valence-electron chi connectivity index (χ0n) is 16.0. The lowest BCUT2D eigenvalue weighted by atomic mass is 9.77. The lowest BCUT2D eigenvalue weighted by molar-refractivity contribution is -0.124. The third-order valence-electron chi connectivity index (χ3n) is 4.93. The van der Waals surface area contributed by atoms with Gasteiger partial charge in [-0.2, -0.15) is 15.3 Å². The number of anilines is 3. The molecule has 3 heterocycles. The van der Waals surface area contributed by atoms with E-state index in [9.17, 15) is 14.9 Å². The second-order valence-electron chi connectivity index (χ2n) is 6.91. The Bertz CT molecular complexity index is 932. The number of nitrogens with one attached hydrogen (secondary N) is 2. The minimum Gasteiger partial charge on any atom is -0.358 e. The van der Waals surface area contributed by atoms with Gasteiger partial charge in [0.25, 0.3) is 0 Å². The molecule has 0 aliphatic carbocycles. The van der Waals surface area contributed by atoms with Gasteiger partial charge in [-0.3, -0.25) is 19.2 Å². The summed E-state index contributed by atoms with van der Waals surface area (Å²) in [7, 11) is 1.56. The van der Waals surface area contributed by atoms with Crippen molar-refractivity contribution in [1.29, 1.82) is 5.26 Å². The van der Waals surface area contributed by atoms with E-state index in [2.05, 4.69) is 31.8 Å². The summed E-state index contributed by atoms with van der Waals surface area (Å²) >= 11 is 0. The van der Waals surface area contributed by atoms with Gasteiger partial charge in [-0.25, -0.2) is 4.98 Å². The fraction of sp³-hybridized carbons (Fsp3) is 0.444. The summed E-state index contributed by atoms with van der Waals surface area (Å²) in [5.74, 6) is 0.266. The zero-order chi connectivity index (χ0) is 20.3. The molecule has 0 spiro atoms. The van der Waals surface area contributed by atoms with Gasteiger partial charge in [0.05, 0.1) is 18.0 Å². The molecule has 1 saturated heterocycles. The van der Waals surface area contributed by atoms with E-state index in [0.717, 1.165) is 0 Å². The van der Waals surface area contributed by atoms with Crippen LogP contribution in [0.5, 0.6) is 0 Å². The predicted octanol–water partition coefficient (Wildman–Crippen LogP) is 1.07. The van der Waals surface area contributed by atoms with Gasteiger partial charge in [-0.15, -0.1) is 0 Å². The molecule has 1 aliphatic heterocycles. The third-order valence-corrected chi connectivity index (χ3v) is 4.93. The first-order chi connectivity index (χ1) is 13.4. The molecule has 1 aliphatic rings. The Morgan fingerprint density at radius 1 is 1.46 bits per heavy atom. The first kappa shape index (κ1) is 19.3. The number of hydrogen-bond donors (Lipinski definition) is 2. The van der Waals surface area contributed by atoms with E-state index in [1.165, 1.54) is 9.58 Å². The van der Waals surface area contributed by atoms with Crippen LogP contribution in [0.4, 0.5) is 17.5 Å². The Hall–Kier alpha value is -3.48. The van der Waals surface area contributed by atoms with E-state index >= 15 is 0 Å². The van der Waals surface area contributed by atoms with Crippen LogP contribution >= 0.6 is 0 Å². The molecule has 2 N–H and O–H groups in total. The number of carbonyl (C=O) groups is 2. The van der Waals surface area contributed by atoms with Crippen LogP contribution in [-0.2, 0) is 16.1 Å². The van der Waals surface area contributed by atoms with Gasteiger partial charge in [0.15, 0.2) is 0 Å². The van der Waals surface area contributed by atoms with Crippen molar-refractivity contribution < 1.29 is 9.59 Å². The van der Waals surface area contributed by atoms with Gasteiger partial charge in [0.1, 0.15) is 17.8 Å². The molecule has 3 rings (SSSR count). The van der Waals surface area contributed by atoms with Crippen molar-refractivity contribution in [1.82, 2.24) is 25.1 Å². The number of aromatic nitrogens is 4. The molecule has 1 fully saturated rings. The molecule has 1 atom stereocenters. The average molecular weight is 382 g/mol. The topological polar surface area (TPSA) is 129 Å². The van der Waals surface area contributed by atoms with E-state index < -0.39 is 5.41 Å². The molecule has 1 unspecified atom stereocenters. The number of likely N-dealkylation sites (N-methyl/N-ethyl adjacent to an activating group) is 1. The van der Waals surface area contributed by atoms with Crippen molar-refractivity contribution in [3.05, 3.63) is 24.7 Å². The first-order valence-electron chi connectivity index (χ1n) is 8.96. The Labute approximate surface area is 162 Å². The highest BCUT2D eigenvalue weighted by Crippen LogP contribution is 2.40. The molecule has 0 aromatic carbocycles. The molecule has 0 saturated carbocycles. The molecule has 0 radical (unpaired) electrons. The average Bonchev–Trinajstić information content (AvgIpc) is 3.26. The molecule has 2 aromatic heterocycles. The first-order valence-corrected chi connectivity index (χ1v) is 8.96. The molecule has 146 valence electrons. The van der Waals surface area contributed by atoms with Gasteiger partial charge < -0.3 is 10.6 Å². The standard InChI is InChI=1S/C18H22N8O2/c1-12(2)18(11-19)5-7-26(16(18)28)14-4-6-21-17(24-14)23-13-8-22-25(9-13)10-15(27)20-3/h4,6,8-9,12H,5,7,10H2,1-3H3,(H,20,27)(H,21,23,24). The monoisotopic (exact) mass is 382 g/mol. The fourth-order valence-corrected chi connectivity index (χ4v) is 3.15. The van der Waals surface area contributed by atoms with Crippen molar-refractivity contribution in [2.45, 2.75) is 26.8 Å². The third kappa shape index (κ3) is 3.51. The molecular weight excluding hydrogens is 360 g/mol. The summed E-state index contributed by atoms with van der Waals surface area (Å²) < 4.78 is 1.49. The highest BCUT2D eigenvalue weighted by Gasteiger charge is 2.50. The van der Waals surface area contributed by atoms with Gasteiger partial charge in [-0.1, -0.05) is 13.8 Å². The Balaban J connectivity index is 1.76. The van der Waals surface area contributed by atoms with Crippen LogP contribution in [-0.4, -0.2) is 45.2 Å². The number of nitriles is 1. The van der Waals surface area contributed by atoms with Gasteiger partial charge in [0, 0.05) is 26.0 Å². The predicted molar refractivity (Wildman–Crippen MR) is 101 cm³/mol. The number of nitrogens with zero attached hydrogens (tertiary/aromatic N) is 6. The minimum absolute atomic E-state index is 0.0828. The number of rotatable bonds is 6. The maximum atomic E-state index is 12.9. The Morgan fingerprint density at radius 2 is 2.25 bits per heavy atom. The smallest absolute Gasteiger partial charge is 0.248 e. The minimum atomic E-state index is -1.01. The van der Waals surface area contributed by atoms with Gasteiger partial charge >= 0.3 is 0 Å². The largest absolute Gasteiger partial charge is 0.358 e. The Morgan fingerprint density at radius 3 is 2.89 bits per heavy atom. The van der Waals surface area contributed by atoms with Crippen molar-refractivity contribution in [2.24, 2.45) is 11.3 Å². The van der Waals surface area contributed by atoms with Crippen LogP contribution in [0.25, 0.3) is 0 Å². The second kappa shape index (κ2) is 7.64. The van der Waals surface area contributed by atoms with E-state index in [4.69, 9.17) is 0 Å². The normalized spacial score (nSPS) is 19.0. The van der Waals surface area contributed by atoms with Gasteiger partial charge in [-0.05, 0) is 18.4 Å². The van der Waals surface area contributed by atoms with Crippen LogP contribution in [0.3, 0.4) is 0 Å². The summed E-state index contributed by atoms with van der Waals surface area (Å²) in [6.45, 7) is 4.31. The van der Waals surface area contributed by atoms with Crippen LogP contribution in [0.15, 0.2) is 24.7 Å². The van der Waals surface area contributed by atoms with Crippen LogP contribution in [0, 0.1) is 22.7 Å². The van der Waals surface area contributed by atoms with Crippen LogP contribution < -0.4 is 15.5 Å². The summed E-state index contributed by atoms with van der Waals surface area (Å²) in [4.78, 5) is 34.4. The highest BCUT2D eigenvalue weighted by molar-refractivity contribution is 6.01. The van der Waals surface area contributed by atoms with Crippen molar-refractivity contribution in [3.8, 4) is 6.07 Å². The van der Waals surface area contributed by atoms with Crippen molar-refractivity contribution in [3.63, 3.8) is 0 Å². The maximum Gasteiger partial charge on any atom is 0.248 e. The summed E-state index contributed by atoms with van der Waals surface area (Å²) in [5.41, 5.74) is -0.401. The molecule has 2 aromatic rings. The van der Waals surface area contributed by atoms with Crippen LogP contribution in [0.2, 0.25) is 0 Å². The highest BCUT2D eigenvalue weighted by atomic mass is 16.2. The SMILES string of the molecule is CNC(=O)Cn1cc(Nc2nccc(N3CCC(C#N)(C(C)C)C3=O)n2)cn1. The van der Waals surface area contributed by atoms with Crippen molar-refractivity contribution >= 4 is 29.3 Å². The lowest BCUT2D eigenvalue weighted by Gasteiger charge is -2.24. The molecule has 28 heavy (non-hydrogen) atoms. The fourth-order valence-electron chi connectivity index (χ4n) is 3.15. The molecule has 10 nitrogen and oxygen atoms in total. The van der Waals surface area contributed by atoms with E-state index in [1.807, 2.05) is 13.8 Å². The van der Waals surface area contributed by atoms with Crippen LogP contribution in [0.1, 0.15) is 20.3 Å². The number of hydrogen-bond acceptors (Lipinski definition) is 7. The molecule has 2 amide bonds. The summed E-state index contributed by atoms with van der Waals surface area (Å²) in [6.07, 6.45) is 5.23. The second-order valence-corrected chi connectivity index (χ2v) is 6.91. The molecular formula is C18H22N8O2.